The summed E-state index contributed by atoms with van der Waals surface area (Å²) in [6, 6.07) is 14.7. The second kappa shape index (κ2) is 8.62. The summed E-state index contributed by atoms with van der Waals surface area (Å²) in [5.41, 5.74) is 2.15. The molecule has 0 aliphatic heterocycles. The van der Waals surface area contributed by atoms with Crippen LogP contribution in [0.2, 0.25) is 5.02 Å². The van der Waals surface area contributed by atoms with Crippen molar-refractivity contribution in [1.29, 1.82) is 0 Å². The minimum Gasteiger partial charge on any atom is -0.309 e. The third-order valence-electron chi connectivity index (χ3n) is 3.81. The largest absolute Gasteiger partial charge is 0.309 e. The molecule has 0 aliphatic carbocycles. The summed E-state index contributed by atoms with van der Waals surface area (Å²) in [6.45, 7) is 6.01. The Labute approximate surface area is 149 Å². The number of halogens is 1. The van der Waals surface area contributed by atoms with Crippen molar-refractivity contribution < 1.29 is 8.42 Å². The fourth-order valence-corrected chi connectivity index (χ4v) is 4.16. The molecule has 0 saturated heterocycles. The molecule has 0 aliphatic rings. The van der Waals surface area contributed by atoms with Gasteiger partial charge in [-0.2, -0.15) is 4.31 Å². The highest BCUT2D eigenvalue weighted by Crippen LogP contribution is 2.16. The van der Waals surface area contributed by atoms with E-state index in [1.165, 1.54) is 4.31 Å². The number of benzene rings is 2. The van der Waals surface area contributed by atoms with Gasteiger partial charge in [0.15, 0.2) is 0 Å². The summed E-state index contributed by atoms with van der Waals surface area (Å²) in [4.78, 5) is 0.338. The molecule has 1 N–H and O–H groups in total. The third-order valence-corrected chi connectivity index (χ3v) is 6.11. The lowest BCUT2D eigenvalue weighted by molar-refractivity contribution is 0.445. The average Bonchev–Trinajstić information content (AvgIpc) is 2.56. The van der Waals surface area contributed by atoms with Crippen molar-refractivity contribution in [1.82, 2.24) is 9.62 Å². The molecule has 0 spiro atoms. The van der Waals surface area contributed by atoms with Gasteiger partial charge in [-0.25, -0.2) is 8.42 Å². The fourth-order valence-electron chi connectivity index (χ4n) is 2.49. The molecule has 6 heteroatoms. The fraction of sp³-hybridized carbons (Fsp3) is 0.333. The van der Waals surface area contributed by atoms with Crippen LogP contribution in [-0.2, 0) is 23.1 Å². The van der Waals surface area contributed by atoms with Crippen molar-refractivity contribution in [2.24, 2.45) is 0 Å². The van der Waals surface area contributed by atoms with E-state index in [0.717, 1.165) is 16.1 Å². The van der Waals surface area contributed by atoms with E-state index in [9.17, 15) is 8.42 Å². The van der Waals surface area contributed by atoms with Gasteiger partial charge in [-0.15, -0.1) is 0 Å². The Kier molecular flexibility index (Phi) is 6.80. The van der Waals surface area contributed by atoms with Gasteiger partial charge in [0.2, 0.25) is 10.0 Å². The standard InChI is InChI=1S/C18H23ClN2O2S/c1-3-21(4-2)24(22,23)18-10-8-15(9-11-18)13-20-14-16-6-5-7-17(19)12-16/h5-12,20H,3-4,13-14H2,1-2H3. The van der Waals surface area contributed by atoms with Crippen molar-refractivity contribution in [3.63, 3.8) is 0 Å². The van der Waals surface area contributed by atoms with Crippen molar-refractivity contribution >= 4 is 21.6 Å². The zero-order valence-electron chi connectivity index (χ0n) is 14.0. The van der Waals surface area contributed by atoms with Gasteiger partial charge < -0.3 is 5.32 Å². The Balaban J connectivity index is 1.97. The molecule has 24 heavy (non-hydrogen) atoms. The van der Waals surface area contributed by atoms with Crippen LogP contribution < -0.4 is 5.32 Å². The highest BCUT2D eigenvalue weighted by atomic mass is 35.5. The van der Waals surface area contributed by atoms with E-state index in [1.807, 2.05) is 50.2 Å². The number of rotatable bonds is 8. The maximum absolute atomic E-state index is 12.4. The number of nitrogens with one attached hydrogen (secondary N) is 1. The summed E-state index contributed by atoms with van der Waals surface area (Å²) in [7, 11) is -3.39. The third kappa shape index (κ3) is 4.80. The molecule has 4 nitrogen and oxygen atoms in total. The predicted octanol–water partition coefficient (Wildman–Crippen LogP) is 3.66. The topological polar surface area (TPSA) is 49.4 Å². The molecule has 0 radical (unpaired) electrons. The van der Waals surface area contributed by atoms with E-state index in [-0.39, 0.29) is 0 Å². The Morgan fingerprint density at radius 1 is 0.958 bits per heavy atom. The molecule has 0 fully saturated rings. The Hall–Kier alpha value is -1.40. The van der Waals surface area contributed by atoms with E-state index in [2.05, 4.69) is 5.32 Å². The molecule has 0 aromatic heterocycles. The maximum Gasteiger partial charge on any atom is 0.243 e. The van der Waals surface area contributed by atoms with Gasteiger partial charge >= 0.3 is 0 Å². The number of hydrogen-bond acceptors (Lipinski definition) is 3. The quantitative estimate of drug-likeness (QED) is 0.775. The van der Waals surface area contributed by atoms with Gasteiger partial charge in [-0.1, -0.05) is 49.7 Å². The highest BCUT2D eigenvalue weighted by Gasteiger charge is 2.20. The molecule has 130 valence electrons. The van der Waals surface area contributed by atoms with Gasteiger partial charge in [0.1, 0.15) is 0 Å². The summed E-state index contributed by atoms with van der Waals surface area (Å²) in [5.74, 6) is 0. The first-order valence-corrected chi connectivity index (χ1v) is 9.83. The summed E-state index contributed by atoms with van der Waals surface area (Å²) in [5, 5.41) is 4.05. The van der Waals surface area contributed by atoms with Crippen LogP contribution in [0.15, 0.2) is 53.4 Å². The van der Waals surface area contributed by atoms with Crippen molar-refractivity contribution in [3.05, 3.63) is 64.7 Å². The van der Waals surface area contributed by atoms with Crippen molar-refractivity contribution in [2.45, 2.75) is 31.8 Å². The van der Waals surface area contributed by atoms with Crippen molar-refractivity contribution in [2.75, 3.05) is 13.1 Å². The van der Waals surface area contributed by atoms with Gasteiger partial charge in [0, 0.05) is 31.2 Å². The molecule has 0 atom stereocenters. The molecule has 0 bridgehead atoms. The molecule has 0 amide bonds. The normalized spacial score (nSPS) is 11.8. The first-order chi connectivity index (χ1) is 11.5. The van der Waals surface area contributed by atoms with Gasteiger partial charge in [0.05, 0.1) is 4.90 Å². The predicted molar refractivity (Wildman–Crippen MR) is 98.5 cm³/mol. The lowest BCUT2D eigenvalue weighted by Gasteiger charge is -2.18. The van der Waals surface area contributed by atoms with Crippen LogP contribution in [0, 0.1) is 0 Å². The van der Waals surface area contributed by atoms with Crippen molar-refractivity contribution in [3.8, 4) is 0 Å². The molecule has 2 aromatic rings. The Bertz CT molecular complexity index is 757. The first-order valence-electron chi connectivity index (χ1n) is 8.01. The lowest BCUT2D eigenvalue weighted by Crippen LogP contribution is -2.30. The molecule has 2 rings (SSSR count). The zero-order chi connectivity index (χ0) is 17.6. The van der Waals surface area contributed by atoms with Gasteiger partial charge in [-0.3, -0.25) is 0 Å². The Morgan fingerprint density at radius 3 is 2.17 bits per heavy atom. The molecule has 2 aromatic carbocycles. The minimum absolute atomic E-state index is 0.338. The second-order valence-corrected chi connectivity index (χ2v) is 7.84. The highest BCUT2D eigenvalue weighted by molar-refractivity contribution is 7.89. The summed E-state index contributed by atoms with van der Waals surface area (Å²) < 4.78 is 26.3. The van der Waals surface area contributed by atoms with Crippen LogP contribution in [0.25, 0.3) is 0 Å². The Morgan fingerprint density at radius 2 is 1.58 bits per heavy atom. The summed E-state index contributed by atoms with van der Waals surface area (Å²) >= 11 is 5.96. The molecule has 0 heterocycles. The second-order valence-electron chi connectivity index (χ2n) is 5.47. The molecular formula is C18H23ClN2O2S. The SMILES string of the molecule is CCN(CC)S(=O)(=O)c1ccc(CNCc2cccc(Cl)c2)cc1. The van der Waals surface area contributed by atoms with Crippen LogP contribution >= 0.6 is 11.6 Å². The van der Waals surface area contributed by atoms with E-state index in [0.29, 0.717) is 31.1 Å². The monoisotopic (exact) mass is 366 g/mol. The van der Waals surface area contributed by atoms with Crippen LogP contribution in [0.5, 0.6) is 0 Å². The zero-order valence-corrected chi connectivity index (χ0v) is 15.6. The minimum atomic E-state index is -3.39. The lowest BCUT2D eigenvalue weighted by atomic mass is 10.2. The van der Waals surface area contributed by atoms with E-state index in [1.54, 1.807) is 12.1 Å². The smallest absolute Gasteiger partial charge is 0.243 e. The van der Waals surface area contributed by atoms with Crippen LogP contribution in [0.4, 0.5) is 0 Å². The van der Waals surface area contributed by atoms with E-state index < -0.39 is 10.0 Å². The van der Waals surface area contributed by atoms with Crippen LogP contribution in [-0.4, -0.2) is 25.8 Å². The number of hydrogen-bond donors (Lipinski definition) is 1. The summed E-state index contributed by atoms with van der Waals surface area (Å²) in [6.07, 6.45) is 0. The van der Waals surface area contributed by atoms with Gasteiger partial charge in [0.25, 0.3) is 0 Å². The van der Waals surface area contributed by atoms with Crippen LogP contribution in [0.1, 0.15) is 25.0 Å². The first kappa shape index (κ1) is 18.9. The number of nitrogens with zero attached hydrogens (tertiary/aromatic N) is 1. The van der Waals surface area contributed by atoms with E-state index >= 15 is 0 Å². The maximum atomic E-state index is 12.4. The molecular weight excluding hydrogens is 344 g/mol. The number of sulfonamides is 1. The average molecular weight is 367 g/mol. The van der Waals surface area contributed by atoms with E-state index in [4.69, 9.17) is 11.6 Å². The molecule has 0 saturated carbocycles. The molecule has 0 unspecified atom stereocenters. The van der Waals surface area contributed by atoms with Gasteiger partial charge in [-0.05, 0) is 35.4 Å². The van der Waals surface area contributed by atoms with Crippen LogP contribution in [0.3, 0.4) is 0 Å².